The van der Waals surface area contributed by atoms with Gasteiger partial charge in [-0.3, -0.25) is 24.0 Å². The second kappa shape index (κ2) is 56.3. The third-order valence-corrected chi connectivity index (χ3v) is 1.44. The Kier molecular flexibility index (Phi) is 118. The molecule has 0 aromatic rings. The summed E-state index contributed by atoms with van der Waals surface area (Å²) in [6.07, 6.45) is 0. The van der Waals surface area contributed by atoms with Crippen molar-refractivity contribution in [2.45, 2.75) is 71.8 Å². The van der Waals surface area contributed by atoms with E-state index in [1.807, 2.05) is 0 Å². The molecule has 0 heterocycles. The molecule has 0 aromatic carbocycles. The van der Waals surface area contributed by atoms with E-state index >= 15 is 0 Å². The first-order valence-corrected chi connectivity index (χ1v) is 6.58. The van der Waals surface area contributed by atoms with Crippen molar-refractivity contribution < 1.29 is 47.7 Å². The molecule has 0 amide bonds. The number of carbonyl (C=O) groups excluding carboxylic acids is 5. The molecule has 0 aromatic heterocycles. The summed E-state index contributed by atoms with van der Waals surface area (Å²) in [5.74, 6) is -1.23. The van der Waals surface area contributed by atoms with Gasteiger partial charge >= 0.3 is 29.8 Å². The number of rotatable bonds is 0. The van der Waals surface area contributed by atoms with E-state index in [0.717, 1.165) is 0 Å². The van der Waals surface area contributed by atoms with Gasteiger partial charge in [-0.1, -0.05) is 37.1 Å². The second-order valence-corrected chi connectivity index (χ2v) is 3.48. The number of hydrogen-bond acceptors (Lipinski definition) is 10. The fourth-order valence-corrected chi connectivity index (χ4v) is 0. The molecule has 0 radical (unpaired) electrons. The van der Waals surface area contributed by atoms with Crippen LogP contribution in [-0.4, -0.2) is 65.4 Å². The second-order valence-electron chi connectivity index (χ2n) is 3.48. The molecule has 0 fully saturated rings. The van der Waals surface area contributed by atoms with Gasteiger partial charge in [0.15, 0.2) is 0 Å². The van der Waals surface area contributed by atoms with Crippen LogP contribution < -0.4 is 0 Å². The molecule has 0 spiro atoms. The summed E-state index contributed by atoms with van der Waals surface area (Å²) in [5.41, 5.74) is 0. The molecule has 0 aliphatic carbocycles. The smallest absolute Gasteiger partial charge is 0.302 e. The first-order chi connectivity index (χ1) is 11.4. The van der Waals surface area contributed by atoms with Crippen LogP contribution in [0.15, 0.2) is 0 Å². The maximum Gasteiger partial charge on any atom is 0.302 e. The summed E-state index contributed by atoms with van der Waals surface area (Å²) < 4.78 is 20.6. The zero-order valence-corrected chi connectivity index (χ0v) is 16.6. The van der Waals surface area contributed by atoms with Gasteiger partial charge in [0.1, 0.15) is 0 Å². The van der Waals surface area contributed by atoms with Gasteiger partial charge in [0.05, 0.1) is 35.5 Å². The number of carbonyl (C=O) groups is 5. The van der Waals surface area contributed by atoms with Crippen LogP contribution in [0.3, 0.4) is 0 Å². The fourth-order valence-electron chi connectivity index (χ4n) is 0. The van der Waals surface area contributed by atoms with E-state index in [9.17, 15) is 24.0 Å². The van der Waals surface area contributed by atoms with Crippen molar-refractivity contribution in [2.75, 3.05) is 35.5 Å². The van der Waals surface area contributed by atoms with Crippen LogP contribution in [-0.2, 0) is 47.7 Å². The van der Waals surface area contributed by atoms with Gasteiger partial charge in [-0.25, -0.2) is 0 Å². The van der Waals surface area contributed by atoms with Crippen LogP contribution in [0.5, 0.6) is 0 Å². The Morgan fingerprint density at radius 2 is 0.367 bits per heavy atom. The minimum atomic E-state index is -0.245. The maximum atomic E-state index is 9.59. The van der Waals surface area contributed by atoms with Crippen LogP contribution in [0.1, 0.15) is 71.8 Å². The Morgan fingerprint density at radius 1 is 0.333 bits per heavy atom. The third-order valence-electron chi connectivity index (χ3n) is 1.44. The van der Waals surface area contributed by atoms with Crippen molar-refractivity contribution in [3.8, 4) is 0 Å². The van der Waals surface area contributed by atoms with Crippen molar-refractivity contribution in [3.05, 3.63) is 0 Å². The van der Waals surface area contributed by atoms with Crippen LogP contribution in [0, 0.1) is 0 Å². The monoisotopic (exact) mass is 450 g/mol. The number of methoxy groups -OCH3 is 5. The highest BCUT2D eigenvalue weighted by Gasteiger charge is 1.77. The summed E-state index contributed by atoms with van der Waals surface area (Å²) in [7, 11) is 6.75. The highest BCUT2D eigenvalue weighted by atomic mass is 16.5. The lowest BCUT2D eigenvalue weighted by Crippen LogP contribution is -1.88. The molecule has 0 saturated heterocycles. The lowest BCUT2D eigenvalue weighted by molar-refractivity contribution is -0.138. The van der Waals surface area contributed by atoms with E-state index in [1.54, 1.807) is 0 Å². The molecule has 0 unspecified atom stereocenters. The number of ether oxygens (including phenoxy) is 5. The molecule has 0 rings (SSSR count). The summed E-state index contributed by atoms with van der Waals surface area (Å²) in [6.45, 7) is 6.81. The minimum Gasteiger partial charge on any atom is -0.469 e. The average Bonchev–Trinajstić information content (AvgIpc) is 2.56. The Balaban J connectivity index is -0.0000000200. The first-order valence-electron chi connectivity index (χ1n) is 6.58. The molecule has 10 nitrogen and oxygen atoms in total. The maximum absolute atomic E-state index is 9.59. The van der Waals surface area contributed by atoms with Crippen LogP contribution in [0.2, 0.25) is 0 Å². The zero-order valence-electron chi connectivity index (χ0n) is 16.6. The highest BCUT2D eigenvalue weighted by molar-refractivity contribution is 5.66. The van der Waals surface area contributed by atoms with Crippen molar-refractivity contribution in [3.63, 3.8) is 0 Å². The van der Waals surface area contributed by atoms with Crippen LogP contribution in [0.25, 0.3) is 0 Å². The Bertz CT molecular complexity index is 285. The lowest BCUT2D eigenvalue weighted by Gasteiger charge is -1.80. The number of hydrogen-bond donors (Lipinski definition) is 0. The molecule has 30 heavy (non-hydrogen) atoms. The normalized spacial score (nSPS) is 5.67. The fraction of sp³-hybridized carbons (Fsp3) is 0.750. The number of esters is 5. The molecule has 0 N–H and O–H groups in total. The van der Waals surface area contributed by atoms with Gasteiger partial charge in [0.2, 0.25) is 0 Å². The zero-order chi connectivity index (χ0) is 21.4. The van der Waals surface area contributed by atoms with Crippen LogP contribution in [0.4, 0.5) is 0 Å². The van der Waals surface area contributed by atoms with E-state index in [4.69, 9.17) is 0 Å². The minimum absolute atomic E-state index is 0. The van der Waals surface area contributed by atoms with E-state index < -0.39 is 0 Å². The Labute approximate surface area is 185 Å². The SMILES string of the molecule is C.C.C.C.C.COC(C)=O.COC(C)=O.COC(C)=O.COC(C)=O.COC(C)=O. The topological polar surface area (TPSA) is 132 Å². The Morgan fingerprint density at radius 3 is 0.367 bits per heavy atom. The van der Waals surface area contributed by atoms with Crippen LogP contribution >= 0.6 is 0 Å². The van der Waals surface area contributed by atoms with Gasteiger partial charge in [0, 0.05) is 34.6 Å². The first kappa shape index (κ1) is 63.1. The van der Waals surface area contributed by atoms with Gasteiger partial charge < -0.3 is 23.7 Å². The average molecular weight is 451 g/mol. The molecule has 10 heteroatoms. The van der Waals surface area contributed by atoms with E-state index in [1.165, 1.54) is 70.2 Å². The van der Waals surface area contributed by atoms with Gasteiger partial charge in [0.25, 0.3) is 0 Å². The summed E-state index contributed by atoms with van der Waals surface area (Å²) in [6, 6.07) is 0. The predicted molar refractivity (Wildman–Crippen MR) is 122 cm³/mol. The molecule has 0 atom stereocenters. The van der Waals surface area contributed by atoms with Gasteiger partial charge in [-0.2, -0.15) is 0 Å². The van der Waals surface area contributed by atoms with Crippen molar-refractivity contribution in [1.29, 1.82) is 0 Å². The quantitative estimate of drug-likeness (QED) is 0.393. The van der Waals surface area contributed by atoms with Crippen molar-refractivity contribution >= 4 is 29.8 Å². The lowest BCUT2D eigenvalue weighted by atomic mass is 10.8. The molecular formula is C20H50O10. The third kappa shape index (κ3) is 278. The molecule has 0 aliphatic heterocycles. The predicted octanol–water partition coefficient (Wildman–Crippen LogP) is 4.08. The summed E-state index contributed by atoms with van der Waals surface area (Å²) in [5, 5.41) is 0. The highest BCUT2D eigenvalue weighted by Crippen LogP contribution is 1.62. The van der Waals surface area contributed by atoms with E-state index in [0.29, 0.717) is 0 Å². The van der Waals surface area contributed by atoms with E-state index in [-0.39, 0.29) is 67.0 Å². The summed E-state index contributed by atoms with van der Waals surface area (Å²) in [4.78, 5) is 48.0. The van der Waals surface area contributed by atoms with Gasteiger partial charge in [-0.15, -0.1) is 0 Å². The largest absolute Gasteiger partial charge is 0.469 e. The Hall–Kier alpha value is -2.65. The molecule has 0 saturated carbocycles. The molecule has 0 bridgehead atoms. The van der Waals surface area contributed by atoms with E-state index in [2.05, 4.69) is 23.7 Å². The standard InChI is InChI=1S/5C3H6O2.5CH4/c5*1-3(4)5-2;;;;;/h5*1-2H3;5*1H4. The van der Waals surface area contributed by atoms with Crippen molar-refractivity contribution in [2.24, 2.45) is 0 Å². The summed E-state index contributed by atoms with van der Waals surface area (Å²) >= 11 is 0. The molecular weight excluding hydrogens is 400 g/mol. The van der Waals surface area contributed by atoms with Gasteiger partial charge in [-0.05, 0) is 0 Å². The van der Waals surface area contributed by atoms with Crippen molar-refractivity contribution in [1.82, 2.24) is 0 Å². The molecule has 0 aliphatic rings. The molecule has 190 valence electrons.